The molecule has 0 rings (SSSR count). The van der Waals surface area contributed by atoms with Crippen LogP contribution in [-0.4, -0.2) is 10.7 Å². The van der Waals surface area contributed by atoms with Gasteiger partial charge in [-0.3, -0.25) is 0 Å². The quantitative estimate of drug-likeness (QED) is 0.690. The minimum absolute atomic E-state index is 0.426. The third kappa shape index (κ3) is 9.96. The SMILES string of the molecule is CC.CCC(C)(O)CCC(C)C. The first-order valence-corrected chi connectivity index (χ1v) is 5.20. The molecule has 0 aromatic heterocycles. The van der Waals surface area contributed by atoms with Gasteiger partial charge in [-0.1, -0.05) is 34.6 Å². The van der Waals surface area contributed by atoms with Crippen molar-refractivity contribution in [2.45, 2.75) is 66.4 Å². The molecule has 0 aliphatic rings. The molecular formula is C11H26O. The van der Waals surface area contributed by atoms with Crippen molar-refractivity contribution in [3.05, 3.63) is 0 Å². The van der Waals surface area contributed by atoms with Gasteiger partial charge < -0.3 is 5.11 Å². The van der Waals surface area contributed by atoms with E-state index in [9.17, 15) is 5.11 Å². The third-order valence-electron chi connectivity index (χ3n) is 2.02. The van der Waals surface area contributed by atoms with E-state index >= 15 is 0 Å². The average Bonchev–Trinajstić information content (AvgIpc) is 2.05. The lowest BCUT2D eigenvalue weighted by Gasteiger charge is -2.21. The van der Waals surface area contributed by atoms with Crippen LogP contribution >= 0.6 is 0 Å². The zero-order valence-electron chi connectivity index (χ0n) is 9.65. The predicted molar refractivity (Wildman–Crippen MR) is 56.3 cm³/mol. The molecule has 12 heavy (non-hydrogen) atoms. The normalized spacial score (nSPS) is 15.0. The summed E-state index contributed by atoms with van der Waals surface area (Å²) in [7, 11) is 0. The number of hydrogen-bond donors (Lipinski definition) is 1. The lowest BCUT2D eigenvalue weighted by molar-refractivity contribution is 0.0416. The Hall–Kier alpha value is -0.0400. The van der Waals surface area contributed by atoms with Crippen molar-refractivity contribution >= 4 is 0 Å². The van der Waals surface area contributed by atoms with Crippen LogP contribution in [0.15, 0.2) is 0 Å². The van der Waals surface area contributed by atoms with E-state index in [0.29, 0.717) is 5.92 Å². The zero-order valence-corrected chi connectivity index (χ0v) is 9.65. The summed E-state index contributed by atoms with van der Waals surface area (Å²) >= 11 is 0. The van der Waals surface area contributed by atoms with E-state index in [0.717, 1.165) is 19.3 Å². The van der Waals surface area contributed by atoms with Crippen LogP contribution in [0.1, 0.15) is 60.8 Å². The van der Waals surface area contributed by atoms with E-state index in [2.05, 4.69) is 13.8 Å². The molecule has 0 bridgehead atoms. The Kier molecular flexibility index (Phi) is 9.17. The Morgan fingerprint density at radius 1 is 1.25 bits per heavy atom. The number of rotatable bonds is 4. The van der Waals surface area contributed by atoms with E-state index in [1.54, 1.807) is 0 Å². The van der Waals surface area contributed by atoms with E-state index in [1.807, 2.05) is 27.7 Å². The molecule has 0 spiro atoms. The molecule has 0 amide bonds. The average molecular weight is 174 g/mol. The van der Waals surface area contributed by atoms with Crippen LogP contribution in [0.5, 0.6) is 0 Å². The van der Waals surface area contributed by atoms with Gasteiger partial charge in [-0.25, -0.2) is 0 Å². The Labute approximate surface area is 78.2 Å². The fourth-order valence-electron chi connectivity index (χ4n) is 0.776. The first kappa shape index (κ1) is 14.5. The summed E-state index contributed by atoms with van der Waals surface area (Å²) in [5, 5.41) is 9.57. The molecule has 0 aliphatic heterocycles. The molecule has 1 nitrogen and oxygen atoms in total. The van der Waals surface area contributed by atoms with Gasteiger partial charge in [0, 0.05) is 0 Å². The molecule has 1 heteroatoms. The molecule has 76 valence electrons. The van der Waals surface area contributed by atoms with Crippen LogP contribution < -0.4 is 0 Å². The van der Waals surface area contributed by atoms with Crippen molar-refractivity contribution in [3.8, 4) is 0 Å². The van der Waals surface area contributed by atoms with E-state index < -0.39 is 5.60 Å². The first-order valence-electron chi connectivity index (χ1n) is 5.20. The van der Waals surface area contributed by atoms with E-state index in [4.69, 9.17) is 0 Å². The molecule has 0 saturated carbocycles. The second-order valence-corrected chi connectivity index (χ2v) is 3.78. The lowest BCUT2D eigenvalue weighted by atomic mass is 9.93. The topological polar surface area (TPSA) is 20.2 Å². The van der Waals surface area contributed by atoms with Gasteiger partial charge in [0.05, 0.1) is 5.60 Å². The maximum atomic E-state index is 9.57. The molecule has 0 aromatic rings. The maximum absolute atomic E-state index is 9.57. The van der Waals surface area contributed by atoms with Crippen LogP contribution in [0.4, 0.5) is 0 Å². The summed E-state index contributed by atoms with van der Waals surface area (Å²) in [5.41, 5.74) is -0.426. The Balaban J connectivity index is 0. The molecule has 1 atom stereocenters. The molecule has 0 radical (unpaired) electrons. The summed E-state index contributed by atoms with van der Waals surface area (Å²) in [5.74, 6) is 0.707. The minimum Gasteiger partial charge on any atom is -0.390 e. The van der Waals surface area contributed by atoms with Gasteiger partial charge in [-0.15, -0.1) is 0 Å². The summed E-state index contributed by atoms with van der Waals surface area (Å²) < 4.78 is 0. The molecule has 0 heterocycles. The van der Waals surface area contributed by atoms with Gasteiger partial charge in [0.2, 0.25) is 0 Å². The Morgan fingerprint density at radius 3 is 1.92 bits per heavy atom. The summed E-state index contributed by atoms with van der Waals surface area (Å²) in [4.78, 5) is 0. The van der Waals surface area contributed by atoms with Crippen LogP contribution in [0.3, 0.4) is 0 Å². The van der Waals surface area contributed by atoms with Crippen molar-refractivity contribution in [1.82, 2.24) is 0 Å². The number of aliphatic hydroxyl groups is 1. The van der Waals surface area contributed by atoms with Crippen LogP contribution in [-0.2, 0) is 0 Å². The van der Waals surface area contributed by atoms with Crippen molar-refractivity contribution < 1.29 is 5.11 Å². The zero-order chi connectivity index (χ0) is 10.2. The fourth-order valence-corrected chi connectivity index (χ4v) is 0.776. The van der Waals surface area contributed by atoms with Crippen molar-refractivity contribution in [2.24, 2.45) is 5.92 Å². The minimum atomic E-state index is -0.426. The number of hydrogen-bond acceptors (Lipinski definition) is 1. The highest BCUT2D eigenvalue weighted by Crippen LogP contribution is 2.18. The Bertz CT molecular complexity index is 85.0. The summed E-state index contributed by atoms with van der Waals surface area (Å²) in [6.07, 6.45) is 2.92. The van der Waals surface area contributed by atoms with E-state index in [1.165, 1.54) is 0 Å². The standard InChI is InChI=1S/C9H20O.C2H6/c1-5-9(4,10)7-6-8(2)3;1-2/h8,10H,5-7H2,1-4H3;1-2H3. The summed E-state index contributed by atoms with van der Waals surface area (Å²) in [6, 6.07) is 0. The van der Waals surface area contributed by atoms with Gasteiger partial charge in [0.25, 0.3) is 0 Å². The maximum Gasteiger partial charge on any atom is 0.0617 e. The monoisotopic (exact) mass is 174 g/mol. The van der Waals surface area contributed by atoms with Crippen molar-refractivity contribution in [1.29, 1.82) is 0 Å². The molecular weight excluding hydrogens is 148 g/mol. The highest BCUT2D eigenvalue weighted by Gasteiger charge is 2.16. The molecule has 1 unspecified atom stereocenters. The van der Waals surface area contributed by atoms with Crippen molar-refractivity contribution in [3.63, 3.8) is 0 Å². The first-order chi connectivity index (χ1) is 5.48. The van der Waals surface area contributed by atoms with Gasteiger partial charge in [-0.2, -0.15) is 0 Å². The predicted octanol–water partition coefficient (Wildman–Crippen LogP) is 3.61. The van der Waals surface area contributed by atoms with Gasteiger partial charge in [0.15, 0.2) is 0 Å². The van der Waals surface area contributed by atoms with E-state index in [-0.39, 0.29) is 0 Å². The third-order valence-corrected chi connectivity index (χ3v) is 2.02. The highest BCUT2D eigenvalue weighted by molar-refractivity contribution is 4.70. The van der Waals surface area contributed by atoms with Crippen LogP contribution in [0.2, 0.25) is 0 Å². The van der Waals surface area contributed by atoms with Crippen LogP contribution in [0, 0.1) is 5.92 Å². The molecule has 0 saturated heterocycles. The van der Waals surface area contributed by atoms with Crippen LogP contribution in [0.25, 0.3) is 0 Å². The summed E-state index contributed by atoms with van der Waals surface area (Å²) in [6.45, 7) is 12.3. The molecule has 0 fully saturated rings. The Morgan fingerprint density at radius 2 is 1.67 bits per heavy atom. The molecule has 1 N–H and O–H groups in total. The van der Waals surface area contributed by atoms with Crippen molar-refractivity contribution in [2.75, 3.05) is 0 Å². The van der Waals surface area contributed by atoms with Gasteiger partial charge in [-0.05, 0) is 32.1 Å². The highest BCUT2D eigenvalue weighted by atomic mass is 16.3. The lowest BCUT2D eigenvalue weighted by Crippen LogP contribution is -2.22. The largest absolute Gasteiger partial charge is 0.390 e. The second-order valence-electron chi connectivity index (χ2n) is 3.78. The van der Waals surface area contributed by atoms with Gasteiger partial charge in [0.1, 0.15) is 0 Å². The second kappa shape index (κ2) is 7.60. The smallest absolute Gasteiger partial charge is 0.0617 e. The fraction of sp³-hybridized carbons (Fsp3) is 1.00. The molecule has 0 aromatic carbocycles. The van der Waals surface area contributed by atoms with Gasteiger partial charge >= 0.3 is 0 Å². The molecule has 0 aliphatic carbocycles.